The number of thioether (sulfide) groups is 1. The SMILES string of the molecule is COc1ccc(OC)c(/C=N\NC(=O)CSc2ccc(C)cc2)c1. The third-order valence-corrected chi connectivity index (χ3v) is 4.23. The van der Waals surface area contributed by atoms with Crippen LogP contribution in [0.3, 0.4) is 0 Å². The monoisotopic (exact) mass is 344 g/mol. The highest BCUT2D eigenvalue weighted by atomic mass is 32.2. The number of nitrogens with one attached hydrogen (secondary N) is 1. The molecule has 0 saturated heterocycles. The van der Waals surface area contributed by atoms with Crippen molar-refractivity contribution in [3.8, 4) is 11.5 Å². The Labute approximate surface area is 146 Å². The van der Waals surface area contributed by atoms with E-state index in [0.717, 1.165) is 10.5 Å². The largest absolute Gasteiger partial charge is 0.497 e. The van der Waals surface area contributed by atoms with Crippen molar-refractivity contribution in [1.29, 1.82) is 0 Å². The van der Waals surface area contributed by atoms with Crippen LogP contribution in [-0.2, 0) is 4.79 Å². The van der Waals surface area contributed by atoms with Crippen molar-refractivity contribution < 1.29 is 14.3 Å². The van der Waals surface area contributed by atoms with Crippen LogP contribution in [0, 0.1) is 6.92 Å². The van der Waals surface area contributed by atoms with Gasteiger partial charge in [-0.05, 0) is 37.3 Å². The lowest BCUT2D eigenvalue weighted by Gasteiger charge is -2.06. The fourth-order valence-electron chi connectivity index (χ4n) is 1.93. The van der Waals surface area contributed by atoms with Gasteiger partial charge in [-0.1, -0.05) is 17.7 Å². The molecule has 0 aliphatic carbocycles. The average molecular weight is 344 g/mol. The van der Waals surface area contributed by atoms with Crippen molar-refractivity contribution >= 4 is 23.9 Å². The molecule has 0 fully saturated rings. The van der Waals surface area contributed by atoms with Crippen molar-refractivity contribution in [3.63, 3.8) is 0 Å². The van der Waals surface area contributed by atoms with Crippen LogP contribution in [-0.4, -0.2) is 32.1 Å². The van der Waals surface area contributed by atoms with E-state index in [2.05, 4.69) is 10.5 Å². The van der Waals surface area contributed by atoms with Crippen LogP contribution < -0.4 is 14.9 Å². The average Bonchev–Trinajstić information content (AvgIpc) is 2.61. The summed E-state index contributed by atoms with van der Waals surface area (Å²) in [5.74, 6) is 1.48. The Bertz CT molecular complexity index is 715. The van der Waals surface area contributed by atoms with E-state index in [1.54, 1.807) is 32.4 Å². The molecule has 126 valence electrons. The number of aryl methyl sites for hydroxylation is 1. The number of hydrogen-bond acceptors (Lipinski definition) is 5. The van der Waals surface area contributed by atoms with Gasteiger partial charge in [-0.15, -0.1) is 11.8 Å². The van der Waals surface area contributed by atoms with Crippen LogP contribution in [0.5, 0.6) is 11.5 Å². The molecule has 0 bridgehead atoms. The molecule has 0 aliphatic rings. The minimum atomic E-state index is -0.168. The molecular formula is C18H20N2O3S. The predicted molar refractivity (Wildman–Crippen MR) is 97.2 cm³/mol. The number of nitrogens with zero attached hydrogens (tertiary/aromatic N) is 1. The second-order valence-corrected chi connectivity index (χ2v) is 6.05. The van der Waals surface area contributed by atoms with Crippen LogP contribution in [0.15, 0.2) is 52.5 Å². The first-order valence-electron chi connectivity index (χ1n) is 7.36. The van der Waals surface area contributed by atoms with Crippen LogP contribution in [0.25, 0.3) is 0 Å². The van der Waals surface area contributed by atoms with E-state index in [-0.39, 0.29) is 5.91 Å². The molecule has 0 heterocycles. The molecule has 0 saturated carbocycles. The maximum Gasteiger partial charge on any atom is 0.250 e. The van der Waals surface area contributed by atoms with Crippen molar-refractivity contribution in [1.82, 2.24) is 5.43 Å². The first-order chi connectivity index (χ1) is 11.6. The molecule has 0 spiro atoms. The van der Waals surface area contributed by atoms with Gasteiger partial charge < -0.3 is 9.47 Å². The molecule has 0 aromatic heterocycles. The van der Waals surface area contributed by atoms with Gasteiger partial charge in [-0.3, -0.25) is 4.79 Å². The lowest BCUT2D eigenvalue weighted by molar-refractivity contribution is -0.118. The molecule has 1 N–H and O–H groups in total. The molecule has 2 aromatic rings. The Hall–Kier alpha value is -2.47. The van der Waals surface area contributed by atoms with E-state index in [1.807, 2.05) is 31.2 Å². The Balaban J connectivity index is 1.89. The lowest BCUT2D eigenvalue weighted by atomic mass is 10.2. The summed E-state index contributed by atoms with van der Waals surface area (Å²) < 4.78 is 10.4. The minimum absolute atomic E-state index is 0.168. The molecule has 2 aromatic carbocycles. The molecule has 2 rings (SSSR count). The van der Waals surface area contributed by atoms with Crippen LogP contribution in [0.2, 0.25) is 0 Å². The summed E-state index contributed by atoms with van der Waals surface area (Å²) >= 11 is 1.47. The van der Waals surface area contributed by atoms with Gasteiger partial charge in [0.25, 0.3) is 0 Å². The van der Waals surface area contributed by atoms with E-state index < -0.39 is 0 Å². The zero-order valence-corrected chi connectivity index (χ0v) is 14.7. The Morgan fingerprint density at radius 3 is 2.58 bits per heavy atom. The van der Waals surface area contributed by atoms with Gasteiger partial charge in [0, 0.05) is 10.5 Å². The minimum Gasteiger partial charge on any atom is -0.497 e. The highest BCUT2D eigenvalue weighted by molar-refractivity contribution is 8.00. The zero-order valence-electron chi connectivity index (χ0n) is 13.9. The summed E-state index contributed by atoms with van der Waals surface area (Å²) in [6, 6.07) is 13.4. The summed E-state index contributed by atoms with van der Waals surface area (Å²) in [6.45, 7) is 2.03. The standard InChI is InChI=1S/C18H20N2O3S/c1-13-4-7-16(8-5-13)24-12-18(21)20-19-11-14-10-15(22-2)6-9-17(14)23-3/h4-11H,12H2,1-3H3,(H,20,21)/b19-11-. The number of benzene rings is 2. The number of amides is 1. The number of ether oxygens (including phenoxy) is 2. The maximum absolute atomic E-state index is 11.8. The normalized spacial score (nSPS) is 10.6. The van der Waals surface area contributed by atoms with Crippen molar-refractivity contribution in [2.45, 2.75) is 11.8 Å². The fraction of sp³-hybridized carbons (Fsp3) is 0.222. The van der Waals surface area contributed by atoms with Gasteiger partial charge in [0.2, 0.25) is 5.91 Å². The van der Waals surface area contributed by atoms with E-state index in [4.69, 9.17) is 9.47 Å². The summed E-state index contributed by atoms with van der Waals surface area (Å²) in [5, 5.41) is 3.98. The van der Waals surface area contributed by atoms with E-state index >= 15 is 0 Å². The van der Waals surface area contributed by atoms with E-state index in [1.165, 1.54) is 23.5 Å². The van der Waals surface area contributed by atoms with Crippen molar-refractivity contribution in [2.24, 2.45) is 5.10 Å². The van der Waals surface area contributed by atoms with Gasteiger partial charge in [0.1, 0.15) is 11.5 Å². The molecule has 0 atom stereocenters. The van der Waals surface area contributed by atoms with Crippen molar-refractivity contribution in [3.05, 3.63) is 53.6 Å². The number of methoxy groups -OCH3 is 2. The van der Waals surface area contributed by atoms with Crippen LogP contribution >= 0.6 is 11.8 Å². The molecular weight excluding hydrogens is 324 g/mol. The molecule has 6 heteroatoms. The topological polar surface area (TPSA) is 59.9 Å². The molecule has 0 aliphatic heterocycles. The Morgan fingerprint density at radius 2 is 1.92 bits per heavy atom. The number of carbonyl (C=O) groups is 1. The second kappa shape index (κ2) is 8.98. The van der Waals surface area contributed by atoms with Gasteiger partial charge in [-0.2, -0.15) is 5.10 Å². The molecule has 24 heavy (non-hydrogen) atoms. The van der Waals surface area contributed by atoms with Crippen LogP contribution in [0.1, 0.15) is 11.1 Å². The number of hydrazone groups is 1. The second-order valence-electron chi connectivity index (χ2n) is 5.00. The zero-order chi connectivity index (χ0) is 17.4. The third-order valence-electron chi connectivity index (χ3n) is 3.22. The summed E-state index contributed by atoms with van der Waals surface area (Å²) in [7, 11) is 3.17. The first kappa shape index (κ1) is 17.9. The molecule has 1 amide bonds. The Kier molecular flexibility index (Phi) is 6.69. The number of rotatable bonds is 7. The highest BCUT2D eigenvalue weighted by Gasteiger charge is 2.04. The summed E-state index contributed by atoms with van der Waals surface area (Å²) in [4.78, 5) is 12.9. The van der Waals surface area contributed by atoms with Gasteiger partial charge in [0.15, 0.2) is 0 Å². The summed E-state index contributed by atoms with van der Waals surface area (Å²) in [6.07, 6.45) is 1.54. The molecule has 0 unspecified atom stereocenters. The molecule has 5 nitrogen and oxygen atoms in total. The van der Waals surface area contributed by atoms with Gasteiger partial charge in [-0.25, -0.2) is 5.43 Å². The van der Waals surface area contributed by atoms with E-state index in [9.17, 15) is 4.79 Å². The fourth-order valence-corrected chi connectivity index (χ4v) is 2.62. The van der Waals surface area contributed by atoms with E-state index in [0.29, 0.717) is 17.3 Å². The lowest BCUT2D eigenvalue weighted by Crippen LogP contribution is -2.19. The van der Waals surface area contributed by atoms with Crippen LogP contribution in [0.4, 0.5) is 0 Å². The third kappa shape index (κ3) is 5.31. The smallest absolute Gasteiger partial charge is 0.250 e. The van der Waals surface area contributed by atoms with Gasteiger partial charge >= 0.3 is 0 Å². The first-order valence-corrected chi connectivity index (χ1v) is 8.34. The number of hydrogen-bond donors (Lipinski definition) is 1. The number of carbonyl (C=O) groups excluding carboxylic acids is 1. The predicted octanol–water partition coefficient (Wildman–Crippen LogP) is 3.25. The highest BCUT2D eigenvalue weighted by Crippen LogP contribution is 2.22. The van der Waals surface area contributed by atoms with Crippen molar-refractivity contribution in [2.75, 3.05) is 20.0 Å². The Morgan fingerprint density at radius 1 is 1.17 bits per heavy atom. The maximum atomic E-state index is 11.8. The molecule has 0 radical (unpaired) electrons. The summed E-state index contributed by atoms with van der Waals surface area (Å²) in [5.41, 5.74) is 4.44. The van der Waals surface area contributed by atoms with Gasteiger partial charge in [0.05, 0.1) is 26.2 Å². The quantitative estimate of drug-likeness (QED) is 0.476.